The Morgan fingerprint density at radius 2 is 0.316 bits per heavy atom. The molecule has 0 saturated carbocycles. The Morgan fingerprint density at radius 1 is 0.114 bits per heavy atom. The van der Waals surface area contributed by atoms with Crippen molar-refractivity contribution >= 4 is 226 Å². The van der Waals surface area contributed by atoms with Crippen molar-refractivity contribution < 1.29 is 0 Å². The van der Waals surface area contributed by atoms with Gasteiger partial charge in [-0.3, -0.25) is 19.9 Å². The molecule has 0 amide bonds. The number of benzene rings is 18. The fraction of sp³-hybridized carbons (Fsp3) is 0. The van der Waals surface area contributed by atoms with Gasteiger partial charge in [0.25, 0.3) is 0 Å². The summed E-state index contributed by atoms with van der Waals surface area (Å²) in [4.78, 5) is 17.7. The predicted octanol–water partition coefficient (Wildman–Crippen LogP) is 30.2. The Bertz CT molecular complexity index is 8700. The lowest BCUT2D eigenvalue weighted by Crippen LogP contribution is -1.86. The average molecular weight is 1440 g/mol. The Labute approximate surface area is 651 Å². The monoisotopic (exact) mass is 1440 g/mol. The molecule has 4 aromatic heterocycles. The van der Waals surface area contributed by atoms with E-state index in [1.54, 1.807) is 0 Å². The molecule has 114 heavy (non-hydrogen) atoms. The van der Waals surface area contributed by atoms with E-state index in [0.717, 1.165) is 22.3 Å². The van der Waals surface area contributed by atoms with E-state index in [1.165, 1.54) is 248 Å². The molecule has 0 radical (unpaired) electrons. The van der Waals surface area contributed by atoms with E-state index in [-0.39, 0.29) is 0 Å². The molecule has 520 valence electrons. The topological polar surface area (TPSA) is 51.6 Å². The van der Waals surface area contributed by atoms with Gasteiger partial charge in [-0.2, -0.15) is 0 Å². The van der Waals surface area contributed by atoms with Gasteiger partial charge in [0.05, 0.1) is 0 Å². The maximum atomic E-state index is 4.45. The fourth-order valence-corrected chi connectivity index (χ4v) is 21.1. The van der Waals surface area contributed by atoms with Crippen molar-refractivity contribution in [3.8, 4) is 44.5 Å². The van der Waals surface area contributed by atoms with Gasteiger partial charge in [0, 0.05) is 71.8 Å². The third-order valence-corrected chi connectivity index (χ3v) is 25.7. The fourth-order valence-electron chi connectivity index (χ4n) is 21.1. The molecule has 0 spiro atoms. The van der Waals surface area contributed by atoms with Gasteiger partial charge in [0.2, 0.25) is 0 Å². The van der Waals surface area contributed by atoms with E-state index >= 15 is 0 Å². The van der Waals surface area contributed by atoms with Crippen molar-refractivity contribution in [2.45, 2.75) is 0 Å². The van der Waals surface area contributed by atoms with Crippen LogP contribution in [0.4, 0.5) is 0 Å². The van der Waals surface area contributed by atoms with Crippen LogP contribution in [0.25, 0.3) is 271 Å². The molecule has 0 aliphatic rings. The molecular weight excluding hydrogens is 1380 g/mol. The average Bonchev–Trinajstić information content (AvgIpc) is 1.52. The zero-order valence-corrected chi connectivity index (χ0v) is 61.4. The normalized spacial score (nSPS) is 12.4. The number of pyridine rings is 4. The summed E-state index contributed by atoms with van der Waals surface area (Å²) < 4.78 is 0. The minimum atomic E-state index is 1.15. The third-order valence-electron chi connectivity index (χ3n) is 25.7. The van der Waals surface area contributed by atoms with Crippen LogP contribution in [-0.2, 0) is 0 Å². The van der Waals surface area contributed by atoms with Gasteiger partial charge in [-0.1, -0.05) is 243 Å². The standard InChI is InChI=1S/C40H22N2.2C35H19N/c1-3-11-29-27(9-1)35-19-33-32-16-14-26(24-8-6-18-42-22-24)38-30-12-4-2-10-28(30)36(40(32)38)20-34(33)31-15-13-25(37(29)39(31)35)23-7-5-17-41-21-23;1-2-9-23-22(8-1)25-12-5-13-27-29-18-32-24-10-3-4-11-26(24)34-21(20-7-6-16-36-19-20)14-15-28(35(32)34)30(29)17-31(23)33(25)27;1-2-9-23-22(8-1)26-12-5-13-27-28-17-33-25-11-4-3-10-24(25)30-15-21(20-7-6-14-36-19-20)16-31(35(30)33)29(28)18-32(23)34(26)27/h1-22H;2*1-19H. The summed E-state index contributed by atoms with van der Waals surface area (Å²) in [7, 11) is 0. The van der Waals surface area contributed by atoms with Crippen LogP contribution in [-0.4, -0.2) is 19.9 Å². The third kappa shape index (κ3) is 8.39. The number of fused-ring (bicyclic) bond motifs is 27. The summed E-state index contributed by atoms with van der Waals surface area (Å²) in [5.74, 6) is 0. The molecule has 4 heteroatoms. The van der Waals surface area contributed by atoms with Crippen LogP contribution in [0.15, 0.2) is 365 Å². The number of aromatic nitrogens is 4. The highest BCUT2D eigenvalue weighted by Crippen LogP contribution is 2.55. The Hall–Kier alpha value is -15.1. The van der Waals surface area contributed by atoms with Crippen molar-refractivity contribution in [2.75, 3.05) is 0 Å². The molecule has 0 aliphatic carbocycles. The van der Waals surface area contributed by atoms with Crippen LogP contribution in [0.3, 0.4) is 0 Å². The van der Waals surface area contributed by atoms with Crippen molar-refractivity contribution in [1.29, 1.82) is 0 Å². The van der Waals surface area contributed by atoms with Crippen LogP contribution in [0.5, 0.6) is 0 Å². The molecule has 0 atom stereocenters. The summed E-state index contributed by atoms with van der Waals surface area (Å²) >= 11 is 0. The van der Waals surface area contributed by atoms with Crippen molar-refractivity contribution in [1.82, 2.24) is 19.9 Å². The second kappa shape index (κ2) is 23.2. The summed E-state index contributed by atoms with van der Waals surface area (Å²) in [6, 6.07) is 117. The second-order valence-corrected chi connectivity index (χ2v) is 31.2. The van der Waals surface area contributed by atoms with Gasteiger partial charge >= 0.3 is 0 Å². The summed E-state index contributed by atoms with van der Waals surface area (Å²) in [6.45, 7) is 0. The van der Waals surface area contributed by atoms with Gasteiger partial charge in [-0.15, -0.1) is 0 Å². The van der Waals surface area contributed by atoms with E-state index in [1.807, 2.05) is 73.8 Å². The molecule has 28 aromatic rings. The van der Waals surface area contributed by atoms with Gasteiger partial charge in [0.15, 0.2) is 0 Å². The molecule has 0 N–H and O–H groups in total. The summed E-state index contributed by atoms with van der Waals surface area (Å²) in [5.41, 5.74) is 9.54. The molecule has 24 aromatic carbocycles. The lowest BCUT2D eigenvalue weighted by atomic mass is 9.90. The minimum absolute atomic E-state index is 1.15. The Morgan fingerprint density at radius 3 is 0.614 bits per heavy atom. The highest BCUT2D eigenvalue weighted by molar-refractivity contribution is 6.46. The van der Waals surface area contributed by atoms with Crippen molar-refractivity contribution in [3.63, 3.8) is 0 Å². The first-order chi connectivity index (χ1) is 56.6. The molecule has 0 aliphatic heterocycles. The van der Waals surface area contributed by atoms with E-state index in [0.29, 0.717) is 0 Å². The highest BCUT2D eigenvalue weighted by atomic mass is 14.6. The summed E-state index contributed by atoms with van der Waals surface area (Å²) in [6.07, 6.45) is 15.3. The first kappa shape index (κ1) is 61.7. The molecular formula is C110H60N4. The number of hydrogen-bond donors (Lipinski definition) is 0. The van der Waals surface area contributed by atoms with E-state index in [2.05, 4.69) is 311 Å². The van der Waals surface area contributed by atoms with Crippen LogP contribution in [0, 0.1) is 0 Å². The Kier molecular flexibility index (Phi) is 12.6. The van der Waals surface area contributed by atoms with Crippen LogP contribution in [0.2, 0.25) is 0 Å². The maximum Gasteiger partial charge on any atom is 0.0346 e. The number of hydrogen-bond acceptors (Lipinski definition) is 4. The number of nitrogens with zero attached hydrogens (tertiary/aromatic N) is 4. The van der Waals surface area contributed by atoms with Crippen molar-refractivity contribution in [3.05, 3.63) is 365 Å². The molecule has 0 bridgehead atoms. The molecule has 28 rings (SSSR count). The molecule has 0 fully saturated rings. The zero-order chi connectivity index (χ0) is 74.1. The summed E-state index contributed by atoms with van der Waals surface area (Å²) in [5, 5.41) is 55.9. The molecule has 4 nitrogen and oxygen atoms in total. The van der Waals surface area contributed by atoms with E-state index in [4.69, 9.17) is 0 Å². The van der Waals surface area contributed by atoms with E-state index in [9.17, 15) is 0 Å². The predicted molar refractivity (Wildman–Crippen MR) is 487 cm³/mol. The van der Waals surface area contributed by atoms with Crippen molar-refractivity contribution in [2.24, 2.45) is 0 Å². The minimum Gasteiger partial charge on any atom is -0.264 e. The second-order valence-electron chi connectivity index (χ2n) is 31.2. The smallest absolute Gasteiger partial charge is 0.0346 e. The van der Waals surface area contributed by atoms with E-state index < -0.39 is 0 Å². The SMILES string of the molecule is c1cncc(-c2cc3c4ccccc4c4cc5c(cc6c7ccccc7c7cccc5c76)c(c2)c34)c1.c1cncc(-c2ccc3c4cc5c6ccccc6c6c(-c7cccnc7)ccc(c4cc4c7ccccc7c2c34)c56)c1.c1cncc(-c2ccc3c4cc5c6ccccc6c6cccc(c4cc4c7ccccc7c2c34)c65)c1. The molecule has 0 saturated heterocycles. The van der Waals surface area contributed by atoms with Gasteiger partial charge < -0.3 is 0 Å². The first-order valence-corrected chi connectivity index (χ1v) is 39.3. The Balaban J connectivity index is 0.0000000945. The lowest BCUT2D eigenvalue weighted by molar-refractivity contribution is 1.33. The highest BCUT2D eigenvalue weighted by Gasteiger charge is 2.27. The van der Waals surface area contributed by atoms with Gasteiger partial charge in [-0.25, -0.2) is 0 Å². The first-order valence-electron chi connectivity index (χ1n) is 39.3. The molecule has 4 heterocycles. The van der Waals surface area contributed by atoms with Crippen LogP contribution < -0.4 is 0 Å². The van der Waals surface area contributed by atoms with Crippen LogP contribution >= 0.6 is 0 Å². The number of rotatable bonds is 4. The van der Waals surface area contributed by atoms with Crippen LogP contribution in [0.1, 0.15) is 0 Å². The molecule has 0 unspecified atom stereocenters. The van der Waals surface area contributed by atoms with Gasteiger partial charge in [0.1, 0.15) is 0 Å². The zero-order valence-electron chi connectivity index (χ0n) is 61.4. The largest absolute Gasteiger partial charge is 0.264 e. The van der Waals surface area contributed by atoms with Gasteiger partial charge in [-0.05, 0) is 321 Å². The quantitative estimate of drug-likeness (QED) is 0.165. The maximum absolute atomic E-state index is 4.45. The lowest BCUT2D eigenvalue weighted by Gasteiger charge is -2.13.